The first kappa shape index (κ1) is 24.5. The Morgan fingerprint density at radius 1 is 1.00 bits per heavy atom. The molecule has 1 aliphatic heterocycles. The number of nitrogens with zero attached hydrogens (tertiary/aromatic N) is 2. The number of nitrogens with one attached hydrogen (secondary N) is 1. The molecule has 1 aliphatic rings. The lowest BCUT2D eigenvalue weighted by atomic mass is 10.1. The second-order valence-electron chi connectivity index (χ2n) is 7.84. The fraction of sp³-hybridized carbons (Fsp3) is 0.192. The van der Waals surface area contributed by atoms with Crippen LogP contribution in [0.2, 0.25) is 5.02 Å². The molecule has 1 atom stereocenters. The lowest BCUT2D eigenvalue weighted by molar-refractivity contribution is -0.124. The van der Waals surface area contributed by atoms with Gasteiger partial charge in [0.2, 0.25) is 5.91 Å². The highest BCUT2D eigenvalue weighted by molar-refractivity contribution is 7.80. The molecule has 0 bridgehead atoms. The summed E-state index contributed by atoms with van der Waals surface area (Å²) in [6.45, 7) is 0.281. The maximum atomic E-state index is 13.6. The lowest BCUT2D eigenvalue weighted by Gasteiger charge is -2.24. The van der Waals surface area contributed by atoms with E-state index in [9.17, 15) is 9.59 Å². The van der Waals surface area contributed by atoms with Gasteiger partial charge in [0.1, 0.15) is 17.5 Å². The van der Waals surface area contributed by atoms with Crippen LogP contribution in [0.15, 0.2) is 72.8 Å². The van der Waals surface area contributed by atoms with Gasteiger partial charge in [0.15, 0.2) is 5.11 Å². The van der Waals surface area contributed by atoms with Gasteiger partial charge < -0.3 is 19.7 Å². The summed E-state index contributed by atoms with van der Waals surface area (Å²) < 4.78 is 10.5. The van der Waals surface area contributed by atoms with E-state index in [4.69, 9.17) is 33.3 Å². The monoisotopic (exact) mass is 509 g/mol. The lowest BCUT2D eigenvalue weighted by Crippen LogP contribution is -2.37. The summed E-state index contributed by atoms with van der Waals surface area (Å²) in [5.74, 6) is 0.563. The van der Waals surface area contributed by atoms with Gasteiger partial charge in [0.05, 0.1) is 32.0 Å². The highest BCUT2D eigenvalue weighted by Crippen LogP contribution is 2.31. The van der Waals surface area contributed by atoms with Crippen molar-refractivity contribution < 1.29 is 19.1 Å². The zero-order valence-electron chi connectivity index (χ0n) is 19.2. The van der Waals surface area contributed by atoms with Crippen molar-refractivity contribution in [2.45, 2.75) is 19.0 Å². The molecule has 0 radical (unpaired) electrons. The van der Waals surface area contributed by atoms with Crippen molar-refractivity contribution in [3.05, 3.63) is 83.4 Å². The third-order valence-corrected chi connectivity index (χ3v) is 6.49. The van der Waals surface area contributed by atoms with E-state index >= 15 is 0 Å². The van der Waals surface area contributed by atoms with Crippen molar-refractivity contribution in [3.8, 4) is 11.5 Å². The molecule has 2 amide bonds. The number of ether oxygens (including phenoxy) is 2. The van der Waals surface area contributed by atoms with Crippen LogP contribution in [0.3, 0.4) is 0 Å². The molecule has 1 saturated heterocycles. The normalized spacial score (nSPS) is 15.3. The van der Waals surface area contributed by atoms with Crippen molar-refractivity contribution in [2.24, 2.45) is 0 Å². The minimum atomic E-state index is -0.810. The van der Waals surface area contributed by atoms with Crippen molar-refractivity contribution >= 4 is 52.1 Å². The zero-order chi connectivity index (χ0) is 24.9. The molecule has 0 aliphatic carbocycles. The molecule has 0 aromatic heterocycles. The second kappa shape index (κ2) is 10.8. The molecule has 180 valence electrons. The first-order chi connectivity index (χ1) is 16.9. The maximum absolute atomic E-state index is 13.6. The fourth-order valence-corrected chi connectivity index (χ4v) is 4.50. The van der Waals surface area contributed by atoms with E-state index in [0.717, 1.165) is 5.56 Å². The summed E-state index contributed by atoms with van der Waals surface area (Å²) in [6.07, 6.45) is -0.103. The number of carbonyl (C=O) groups is 2. The van der Waals surface area contributed by atoms with Crippen molar-refractivity contribution in [2.75, 3.05) is 24.4 Å². The van der Waals surface area contributed by atoms with Gasteiger partial charge in [-0.2, -0.15) is 0 Å². The molecular weight excluding hydrogens is 486 g/mol. The number of benzene rings is 3. The SMILES string of the molecule is COc1ccc(N2C(=O)[C@H](CC(=O)Nc3ccccc3OC)N(Cc3ccccc3Cl)C2=S)cc1. The van der Waals surface area contributed by atoms with Crippen LogP contribution in [-0.2, 0) is 16.1 Å². The van der Waals surface area contributed by atoms with Gasteiger partial charge in [-0.3, -0.25) is 14.5 Å². The third kappa shape index (κ3) is 5.23. The molecule has 9 heteroatoms. The molecule has 35 heavy (non-hydrogen) atoms. The Morgan fingerprint density at radius 2 is 1.69 bits per heavy atom. The first-order valence-electron chi connectivity index (χ1n) is 10.9. The minimum Gasteiger partial charge on any atom is -0.497 e. The molecular formula is C26H24ClN3O4S. The van der Waals surface area contributed by atoms with E-state index < -0.39 is 6.04 Å². The number of hydrogen-bond donors (Lipinski definition) is 1. The topological polar surface area (TPSA) is 71.1 Å². The van der Waals surface area contributed by atoms with Crippen LogP contribution in [0.25, 0.3) is 0 Å². The van der Waals surface area contributed by atoms with Gasteiger partial charge in [-0.1, -0.05) is 41.9 Å². The van der Waals surface area contributed by atoms with Crippen LogP contribution < -0.4 is 19.7 Å². The molecule has 0 unspecified atom stereocenters. The number of halogens is 1. The molecule has 3 aromatic rings. The summed E-state index contributed by atoms with van der Waals surface area (Å²) in [4.78, 5) is 29.8. The molecule has 4 rings (SSSR count). The van der Waals surface area contributed by atoms with Crippen LogP contribution in [0.4, 0.5) is 11.4 Å². The predicted octanol–water partition coefficient (Wildman–Crippen LogP) is 4.89. The largest absolute Gasteiger partial charge is 0.497 e. The van der Waals surface area contributed by atoms with Crippen molar-refractivity contribution in [1.82, 2.24) is 4.90 Å². The Balaban J connectivity index is 1.62. The Bertz CT molecular complexity index is 1250. The van der Waals surface area contributed by atoms with E-state index in [1.165, 1.54) is 12.0 Å². The number of methoxy groups -OCH3 is 2. The highest BCUT2D eigenvalue weighted by atomic mass is 35.5. The van der Waals surface area contributed by atoms with Crippen molar-refractivity contribution in [1.29, 1.82) is 0 Å². The molecule has 3 aromatic carbocycles. The summed E-state index contributed by atoms with van der Waals surface area (Å²) in [7, 11) is 3.10. The first-order valence-corrected chi connectivity index (χ1v) is 11.7. The van der Waals surface area contributed by atoms with E-state index in [1.807, 2.05) is 24.3 Å². The summed E-state index contributed by atoms with van der Waals surface area (Å²) >= 11 is 12.1. The smallest absolute Gasteiger partial charge is 0.256 e. The third-order valence-electron chi connectivity index (χ3n) is 5.71. The van der Waals surface area contributed by atoms with Crippen LogP contribution in [-0.4, -0.2) is 42.1 Å². The molecule has 1 fully saturated rings. The average molecular weight is 510 g/mol. The number of anilines is 2. The van der Waals surface area contributed by atoms with E-state index in [2.05, 4.69) is 5.32 Å². The van der Waals surface area contributed by atoms with E-state index in [0.29, 0.717) is 33.0 Å². The zero-order valence-corrected chi connectivity index (χ0v) is 20.8. The quantitative estimate of drug-likeness (QED) is 0.436. The fourth-order valence-electron chi connectivity index (χ4n) is 3.92. The van der Waals surface area contributed by atoms with Gasteiger partial charge in [-0.15, -0.1) is 0 Å². The molecule has 0 saturated carbocycles. The Labute approximate surface area is 214 Å². The number of thiocarbonyl (C=S) groups is 1. The molecule has 0 spiro atoms. The highest BCUT2D eigenvalue weighted by Gasteiger charge is 2.44. The standard InChI is InChI=1S/C26H24ClN3O4S/c1-33-19-13-11-18(12-14-19)30-25(32)22(15-24(31)28-21-9-5-6-10-23(21)34-2)29(26(30)35)16-17-7-3-4-8-20(17)27/h3-14,22H,15-16H2,1-2H3,(H,28,31)/t22-/m0/s1. The number of amides is 2. The predicted molar refractivity (Wildman–Crippen MR) is 140 cm³/mol. The Morgan fingerprint density at radius 3 is 2.37 bits per heavy atom. The average Bonchev–Trinajstić information content (AvgIpc) is 3.09. The minimum absolute atomic E-state index is 0.103. The van der Waals surface area contributed by atoms with Gasteiger partial charge >= 0.3 is 0 Å². The summed E-state index contributed by atoms with van der Waals surface area (Å²) in [6, 6.07) is 20.7. The van der Waals surface area contributed by atoms with Gasteiger partial charge in [0.25, 0.3) is 5.91 Å². The van der Waals surface area contributed by atoms with Crippen LogP contribution in [0.1, 0.15) is 12.0 Å². The Hall–Kier alpha value is -3.62. The maximum Gasteiger partial charge on any atom is 0.256 e. The number of hydrogen-bond acceptors (Lipinski definition) is 5. The summed E-state index contributed by atoms with van der Waals surface area (Å²) in [5.41, 5.74) is 1.92. The summed E-state index contributed by atoms with van der Waals surface area (Å²) in [5, 5.41) is 3.70. The number of rotatable bonds is 8. The number of carbonyl (C=O) groups excluding carboxylic acids is 2. The van der Waals surface area contributed by atoms with Crippen LogP contribution >= 0.6 is 23.8 Å². The van der Waals surface area contributed by atoms with Crippen LogP contribution in [0, 0.1) is 0 Å². The van der Waals surface area contributed by atoms with E-state index in [1.54, 1.807) is 60.5 Å². The molecule has 1 heterocycles. The van der Waals surface area contributed by atoms with Gasteiger partial charge in [-0.25, -0.2) is 0 Å². The molecule has 1 N–H and O–H groups in total. The second-order valence-corrected chi connectivity index (χ2v) is 8.61. The Kier molecular flexibility index (Phi) is 7.53. The number of para-hydroxylation sites is 2. The van der Waals surface area contributed by atoms with Crippen LogP contribution in [0.5, 0.6) is 11.5 Å². The molecule has 7 nitrogen and oxygen atoms in total. The van der Waals surface area contributed by atoms with E-state index in [-0.39, 0.29) is 24.8 Å². The van der Waals surface area contributed by atoms with Crippen molar-refractivity contribution in [3.63, 3.8) is 0 Å². The van der Waals surface area contributed by atoms with Gasteiger partial charge in [-0.05, 0) is 60.2 Å². The van der Waals surface area contributed by atoms with Gasteiger partial charge in [0, 0.05) is 11.6 Å².